The van der Waals surface area contributed by atoms with Gasteiger partial charge in [-0.25, -0.2) is 13.1 Å². The number of ether oxygens (including phenoxy) is 1. The van der Waals surface area contributed by atoms with Gasteiger partial charge in [0.15, 0.2) is 5.69 Å². The van der Waals surface area contributed by atoms with Crippen LogP contribution in [0.5, 0.6) is 5.75 Å². The third-order valence-electron chi connectivity index (χ3n) is 4.83. The fourth-order valence-electron chi connectivity index (χ4n) is 3.18. The lowest BCUT2D eigenvalue weighted by atomic mass is 10.2. The Morgan fingerprint density at radius 2 is 1.89 bits per heavy atom. The van der Waals surface area contributed by atoms with Crippen LogP contribution in [0.3, 0.4) is 0 Å². The van der Waals surface area contributed by atoms with E-state index in [0.717, 1.165) is 11.3 Å². The number of hydrogen-bond donors (Lipinski definition) is 0. The molecule has 9 heteroatoms. The highest BCUT2D eigenvalue weighted by molar-refractivity contribution is 7.90. The molecule has 1 aromatic carbocycles. The van der Waals surface area contributed by atoms with Crippen molar-refractivity contribution < 1.29 is 17.9 Å². The molecule has 8 nitrogen and oxygen atoms in total. The van der Waals surface area contributed by atoms with Gasteiger partial charge >= 0.3 is 0 Å². The van der Waals surface area contributed by atoms with Crippen LogP contribution in [0.1, 0.15) is 16.1 Å². The van der Waals surface area contributed by atoms with E-state index in [4.69, 9.17) is 4.74 Å². The smallest absolute Gasteiger partial charge is 0.274 e. The first kappa shape index (κ1) is 20.3. The van der Waals surface area contributed by atoms with Gasteiger partial charge in [0.1, 0.15) is 21.3 Å². The Hall–Kier alpha value is -2.39. The first-order valence-electron chi connectivity index (χ1n) is 9.17. The first-order valence-corrected chi connectivity index (χ1v) is 11.2. The van der Waals surface area contributed by atoms with Crippen molar-refractivity contribution in [3.8, 4) is 11.4 Å². The van der Waals surface area contributed by atoms with Gasteiger partial charge < -0.3 is 9.64 Å². The van der Waals surface area contributed by atoms with E-state index in [2.05, 4.69) is 10.00 Å². The summed E-state index contributed by atoms with van der Waals surface area (Å²) < 4.78 is 29.7. The Bertz CT molecular complexity index is 947. The van der Waals surface area contributed by atoms with Gasteiger partial charge in [-0.05, 0) is 30.7 Å². The summed E-state index contributed by atoms with van der Waals surface area (Å²) in [4.78, 5) is 16.6. The average molecular weight is 407 g/mol. The predicted molar refractivity (Wildman–Crippen MR) is 107 cm³/mol. The van der Waals surface area contributed by atoms with Gasteiger partial charge in [0.2, 0.25) is 0 Å². The molecule has 0 unspecified atom stereocenters. The summed E-state index contributed by atoms with van der Waals surface area (Å²) in [5.74, 6) is 0.712. The van der Waals surface area contributed by atoms with E-state index in [1.54, 1.807) is 29.0 Å². The van der Waals surface area contributed by atoms with Crippen molar-refractivity contribution in [1.82, 2.24) is 19.6 Å². The highest BCUT2D eigenvalue weighted by Gasteiger charge is 2.24. The van der Waals surface area contributed by atoms with Crippen molar-refractivity contribution in [2.75, 3.05) is 51.8 Å². The largest absolute Gasteiger partial charge is 0.494 e. The number of carbonyl (C=O) groups excluding carboxylic acids is 1. The molecule has 0 bridgehead atoms. The van der Waals surface area contributed by atoms with Crippen molar-refractivity contribution >= 4 is 15.7 Å². The minimum atomic E-state index is -2.97. The summed E-state index contributed by atoms with van der Waals surface area (Å²) >= 11 is 0. The number of benzene rings is 1. The molecule has 1 saturated heterocycles. The van der Waals surface area contributed by atoms with Crippen molar-refractivity contribution in [3.05, 3.63) is 41.7 Å². The second-order valence-corrected chi connectivity index (χ2v) is 9.34. The van der Waals surface area contributed by atoms with Crippen molar-refractivity contribution in [1.29, 1.82) is 0 Å². The lowest BCUT2D eigenvalue weighted by Gasteiger charge is -2.34. The van der Waals surface area contributed by atoms with Crippen molar-refractivity contribution in [2.24, 2.45) is 0 Å². The standard InChI is InChI=1S/C19H26N4O4S/c1-15-4-5-18(27-2)17(14-15)23-7-6-16(20-23)19(24)22-10-8-21(9-11-22)12-13-28(3,25)26/h4-7,14H,8-13H2,1-3H3. The molecule has 152 valence electrons. The van der Waals surface area contributed by atoms with Crippen LogP contribution < -0.4 is 4.74 Å². The number of rotatable bonds is 6. The van der Waals surface area contributed by atoms with Crippen molar-refractivity contribution in [3.63, 3.8) is 0 Å². The minimum absolute atomic E-state index is 0.117. The molecule has 3 rings (SSSR count). The van der Waals surface area contributed by atoms with E-state index < -0.39 is 9.84 Å². The second-order valence-electron chi connectivity index (χ2n) is 7.08. The molecule has 0 spiro atoms. The van der Waals surface area contributed by atoms with E-state index in [1.807, 2.05) is 25.1 Å². The Kier molecular flexibility index (Phi) is 6.04. The number of carbonyl (C=O) groups is 1. The zero-order valence-corrected chi connectivity index (χ0v) is 17.3. The Morgan fingerprint density at radius 3 is 2.54 bits per heavy atom. The molecule has 1 fully saturated rings. The molecular weight excluding hydrogens is 380 g/mol. The number of aryl methyl sites for hydroxylation is 1. The number of aromatic nitrogens is 2. The molecule has 1 aliphatic heterocycles. The molecule has 0 N–H and O–H groups in total. The predicted octanol–water partition coefficient (Wildman–Crippen LogP) is 0.992. The highest BCUT2D eigenvalue weighted by atomic mass is 32.2. The van der Waals surface area contributed by atoms with Gasteiger partial charge in [0.05, 0.1) is 12.9 Å². The Labute approximate surface area is 165 Å². The maximum Gasteiger partial charge on any atom is 0.274 e. The molecule has 0 atom stereocenters. The molecule has 0 aliphatic carbocycles. The van der Waals surface area contributed by atoms with Gasteiger partial charge in [-0.15, -0.1) is 0 Å². The molecule has 1 aliphatic rings. The van der Waals surface area contributed by atoms with Crippen LogP contribution in [0.4, 0.5) is 0 Å². The third kappa shape index (κ3) is 4.90. The van der Waals surface area contributed by atoms with Gasteiger partial charge in [0, 0.05) is 45.2 Å². The molecule has 1 aromatic heterocycles. The maximum absolute atomic E-state index is 12.8. The maximum atomic E-state index is 12.8. The SMILES string of the molecule is COc1ccc(C)cc1-n1ccc(C(=O)N2CCN(CCS(C)(=O)=O)CC2)n1. The molecule has 2 aromatic rings. The van der Waals surface area contributed by atoms with Crippen molar-refractivity contribution in [2.45, 2.75) is 6.92 Å². The summed E-state index contributed by atoms with van der Waals surface area (Å²) in [6, 6.07) is 7.51. The Balaban J connectivity index is 1.65. The van der Waals surface area contributed by atoms with E-state index in [-0.39, 0.29) is 11.7 Å². The normalized spacial score (nSPS) is 15.6. The minimum Gasteiger partial charge on any atom is -0.494 e. The summed E-state index contributed by atoms with van der Waals surface area (Å²) in [7, 11) is -1.37. The number of methoxy groups -OCH3 is 1. The second kappa shape index (κ2) is 8.32. The summed E-state index contributed by atoms with van der Waals surface area (Å²) in [5.41, 5.74) is 2.24. The van der Waals surface area contributed by atoms with Crippen LogP contribution in [0, 0.1) is 6.92 Å². The monoisotopic (exact) mass is 406 g/mol. The fraction of sp³-hybridized carbons (Fsp3) is 0.474. The third-order valence-corrected chi connectivity index (χ3v) is 5.75. The lowest BCUT2D eigenvalue weighted by Crippen LogP contribution is -2.49. The van der Waals surface area contributed by atoms with Crippen LogP contribution in [0.25, 0.3) is 5.69 Å². The van der Waals surface area contributed by atoms with Gasteiger partial charge in [-0.3, -0.25) is 9.69 Å². The van der Waals surface area contributed by atoms with Gasteiger partial charge in [-0.1, -0.05) is 6.07 Å². The molecule has 0 radical (unpaired) electrons. The van der Waals surface area contributed by atoms with Crippen LogP contribution in [-0.2, 0) is 9.84 Å². The fourth-order valence-corrected chi connectivity index (χ4v) is 3.77. The number of sulfone groups is 1. The zero-order chi connectivity index (χ0) is 20.3. The molecule has 2 heterocycles. The average Bonchev–Trinajstić information content (AvgIpc) is 3.15. The van der Waals surface area contributed by atoms with E-state index >= 15 is 0 Å². The molecule has 1 amide bonds. The molecule has 0 saturated carbocycles. The van der Waals surface area contributed by atoms with E-state index in [1.165, 1.54) is 6.26 Å². The summed E-state index contributed by atoms with van der Waals surface area (Å²) in [6.45, 7) is 4.93. The summed E-state index contributed by atoms with van der Waals surface area (Å²) in [6.07, 6.45) is 3.00. The van der Waals surface area contributed by atoms with Crippen LogP contribution >= 0.6 is 0 Å². The Morgan fingerprint density at radius 1 is 1.18 bits per heavy atom. The number of piperazine rings is 1. The quantitative estimate of drug-likeness (QED) is 0.711. The van der Waals surface area contributed by atoms with E-state index in [0.29, 0.717) is 44.2 Å². The number of amides is 1. The number of hydrogen-bond acceptors (Lipinski definition) is 6. The zero-order valence-electron chi connectivity index (χ0n) is 16.5. The molecule has 28 heavy (non-hydrogen) atoms. The van der Waals surface area contributed by atoms with Crippen LogP contribution in [0.2, 0.25) is 0 Å². The van der Waals surface area contributed by atoms with Crippen LogP contribution in [-0.4, -0.2) is 85.7 Å². The lowest BCUT2D eigenvalue weighted by molar-refractivity contribution is 0.0637. The highest BCUT2D eigenvalue weighted by Crippen LogP contribution is 2.23. The topological polar surface area (TPSA) is 84.7 Å². The molecular formula is C19H26N4O4S. The first-order chi connectivity index (χ1) is 13.3. The van der Waals surface area contributed by atoms with E-state index in [9.17, 15) is 13.2 Å². The van der Waals surface area contributed by atoms with Crippen LogP contribution in [0.15, 0.2) is 30.5 Å². The van der Waals surface area contributed by atoms with Gasteiger partial charge in [0.25, 0.3) is 5.91 Å². The summed E-state index contributed by atoms with van der Waals surface area (Å²) in [5, 5.41) is 4.45. The number of nitrogens with zero attached hydrogens (tertiary/aromatic N) is 4. The van der Waals surface area contributed by atoms with Gasteiger partial charge in [-0.2, -0.15) is 5.10 Å².